The molecule has 1 saturated heterocycles. The molecule has 0 saturated carbocycles. The van der Waals surface area contributed by atoms with Crippen molar-refractivity contribution >= 4 is 33.8 Å². The highest BCUT2D eigenvalue weighted by atomic mass is 32.2. The van der Waals surface area contributed by atoms with E-state index in [2.05, 4.69) is 0 Å². The quantitative estimate of drug-likeness (QED) is 0.709. The molecule has 0 aromatic heterocycles. The molecule has 0 N–H and O–H groups in total. The number of hydrogen-bond donors (Lipinski definition) is 0. The van der Waals surface area contributed by atoms with E-state index in [-0.39, 0.29) is 29.8 Å². The summed E-state index contributed by atoms with van der Waals surface area (Å²) in [5.41, 5.74) is 0. The third-order valence-electron chi connectivity index (χ3n) is 2.75. The molecular weight excluding hydrogens is 254 g/mol. The normalized spacial score (nSPS) is 17.1. The summed E-state index contributed by atoms with van der Waals surface area (Å²) in [5.74, 6) is -0.614. The fourth-order valence-electron chi connectivity index (χ4n) is 1.90. The van der Waals surface area contributed by atoms with Gasteiger partial charge in [-0.1, -0.05) is 19.8 Å². The maximum absolute atomic E-state index is 11.9. The predicted molar refractivity (Wildman–Crippen MR) is 67.7 cm³/mol. The maximum Gasteiger partial charge on any atom is 0.230 e. The van der Waals surface area contributed by atoms with Gasteiger partial charge >= 0.3 is 0 Å². The van der Waals surface area contributed by atoms with Crippen LogP contribution in [0.4, 0.5) is 0 Å². The van der Waals surface area contributed by atoms with Crippen molar-refractivity contribution in [3.8, 4) is 0 Å². The number of likely N-dealkylation sites (tertiary alicyclic amines) is 1. The van der Waals surface area contributed by atoms with Gasteiger partial charge in [-0.2, -0.15) is 0 Å². The van der Waals surface area contributed by atoms with Crippen molar-refractivity contribution in [3.63, 3.8) is 0 Å². The highest BCUT2D eigenvalue weighted by molar-refractivity contribution is 8.26. The van der Waals surface area contributed by atoms with E-state index >= 15 is 0 Å². The Bertz CT molecular complexity index is 364. The molecule has 5 nitrogen and oxygen atoms in total. The molecule has 1 fully saturated rings. The summed E-state index contributed by atoms with van der Waals surface area (Å²) < 4.78 is 0. The molecule has 18 heavy (non-hydrogen) atoms. The smallest absolute Gasteiger partial charge is 0.230 e. The van der Waals surface area contributed by atoms with E-state index in [1.165, 1.54) is 6.92 Å². The Labute approximate surface area is 110 Å². The van der Waals surface area contributed by atoms with Crippen molar-refractivity contribution in [2.75, 3.05) is 0 Å². The molecule has 2 amide bonds. The molecule has 0 aromatic carbocycles. The van der Waals surface area contributed by atoms with E-state index in [0.717, 1.165) is 17.7 Å². The molecule has 0 bridgehead atoms. The average Bonchev–Trinajstić information content (AvgIpc) is 2.60. The Balaban J connectivity index is 2.82. The molecule has 1 aliphatic heterocycles. The monoisotopic (exact) mass is 271 g/mol. The number of nitrogens with zero attached hydrogens (tertiary/aromatic N) is 1. The van der Waals surface area contributed by atoms with Gasteiger partial charge in [0.25, 0.3) is 0 Å². The van der Waals surface area contributed by atoms with Crippen molar-refractivity contribution in [1.29, 1.82) is 0 Å². The average molecular weight is 271 g/mol. The first kappa shape index (κ1) is 14.9. The Hall–Kier alpha value is -1.17. The van der Waals surface area contributed by atoms with Crippen molar-refractivity contribution in [2.45, 2.75) is 52.0 Å². The van der Waals surface area contributed by atoms with Crippen LogP contribution in [-0.4, -0.2) is 33.0 Å². The Morgan fingerprint density at radius 2 is 1.83 bits per heavy atom. The van der Waals surface area contributed by atoms with Crippen molar-refractivity contribution in [2.24, 2.45) is 0 Å². The van der Waals surface area contributed by atoms with Crippen LogP contribution in [0.1, 0.15) is 46.0 Å². The third kappa shape index (κ3) is 3.66. The summed E-state index contributed by atoms with van der Waals surface area (Å²) in [6.45, 7) is 3.26. The molecule has 0 aliphatic carbocycles. The van der Waals surface area contributed by atoms with Gasteiger partial charge in [-0.05, 0) is 18.2 Å². The van der Waals surface area contributed by atoms with E-state index < -0.39 is 11.2 Å². The van der Waals surface area contributed by atoms with Gasteiger partial charge < -0.3 is 0 Å². The lowest BCUT2D eigenvalue weighted by Gasteiger charge is -2.24. The molecule has 1 aliphatic rings. The van der Waals surface area contributed by atoms with Crippen LogP contribution in [0, 0.1) is 0 Å². The third-order valence-corrected chi connectivity index (χ3v) is 3.51. The summed E-state index contributed by atoms with van der Waals surface area (Å²) in [6.07, 6.45) is 2.38. The van der Waals surface area contributed by atoms with E-state index in [0.29, 0.717) is 18.2 Å². The van der Waals surface area contributed by atoms with Crippen LogP contribution < -0.4 is 0 Å². The summed E-state index contributed by atoms with van der Waals surface area (Å²) >= 11 is 0.580. The van der Waals surface area contributed by atoms with Crippen molar-refractivity contribution in [1.82, 2.24) is 4.90 Å². The summed E-state index contributed by atoms with van der Waals surface area (Å²) in [7, 11) is 0. The molecule has 1 rings (SSSR count). The fraction of sp³-hybridized carbons (Fsp3) is 0.667. The van der Waals surface area contributed by atoms with E-state index in [9.17, 15) is 19.2 Å². The lowest BCUT2D eigenvalue weighted by atomic mass is 10.1. The Morgan fingerprint density at radius 3 is 2.28 bits per heavy atom. The van der Waals surface area contributed by atoms with Crippen molar-refractivity contribution < 1.29 is 19.2 Å². The van der Waals surface area contributed by atoms with Crippen LogP contribution in [0.2, 0.25) is 0 Å². The summed E-state index contributed by atoms with van der Waals surface area (Å²) in [5, 5.41) is -0.722. The lowest BCUT2D eigenvalue weighted by Crippen LogP contribution is -2.43. The molecule has 0 radical (unpaired) electrons. The minimum atomic E-state index is -0.777. The zero-order chi connectivity index (χ0) is 13.7. The zero-order valence-electron chi connectivity index (χ0n) is 10.6. The maximum atomic E-state index is 11.9. The van der Waals surface area contributed by atoms with Gasteiger partial charge in [0.2, 0.25) is 16.9 Å². The van der Waals surface area contributed by atoms with E-state index in [1.54, 1.807) is 0 Å². The minimum Gasteiger partial charge on any atom is -0.287 e. The number of unbranched alkanes of at least 4 members (excludes halogenated alkanes) is 1. The van der Waals surface area contributed by atoms with Gasteiger partial charge in [0, 0.05) is 19.8 Å². The molecule has 6 heteroatoms. The number of imide groups is 1. The molecular formula is C12H17NO4S. The largest absolute Gasteiger partial charge is 0.287 e. The molecule has 1 heterocycles. The zero-order valence-corrected chi connectivity index (χ0v) is 11.4. The highest BCUT2D eigenvalue weighted by Gasteiger charge is 2.38. The standard InChI is InChI=1S/C12H17NO4S/c1-3-4-5-9(12(17)18-8(2)14)13-10(15)6-7-11(13)16/h9H,3-7H2,1-2H3/t9-/m0/s1. The molecule has 0 aromatic rings. The van der Waals surface area contributed by atoms with Crippen LogP contribution in [-0.2, 0) is 19.2 Å². The highest BCUT2D eigenvalue weighted by Crippen LogP contribution is 2.23. The molecule has 1 atom stereocenters. The molecule has 0 unspecified atom stereocenters. The first-order valence-corrected chi connectivity index (χ1v) is 6.86. The van der Waals surface area contributed by atoms with Crippen LogP contribution in [0.25, 0.3) is 0 Å². The lowest BCUT2D eigenvalue weighted by molar-refractivity contribution is -0.144. The van der Waals surface area contributed by atoms with Crippen LogP contribution in [0.5, 0.6) is 0 Å². The topological polar surface area (TPSA) is 71.5 Å². The SMILES string of the molecule is CCCC[C@@H](C(=O)SC(C)=O)N1C(=O)CCC1=O. The van der Waals surface area contributed by atoms with Crippen molar-refractivity contribution in [3.05, 3.63) is 0 Å². The second-order valence-corrected chi connectivity index (χ2v) is 5.41. The number of carbonyl (C=O) groups excluding carboxylic acids is 4. The fourth-order valence-corrected chi connectivity index (χ4v) is 2.54. The second kappa shape index (κ2) is 6.68. The number of amides is 2. The Morgan fingerprint density at radius 1 is 1.28 bits per heavy atom. The molecule has 100 valence electrons. The van der Waals surface area contributed by atoms with Gasteiger partial charge in [-0.15, -0.1) is 0 Å². The molecule has 0 spiro atoms. The van der Waals surface area contributed by atoms with Gasteiger partial charge in [0.05, 0.1) is 0 Å². The Kier molecular flexibility index (Phi) is 5.53. The van der Waals surface area contributed by atoms with Crippen LogP contribution in [0.3, 0.4) is 0 Å². The number of rotatable bonds is 5. The van der Waals surface area contributed by atoms with Gasteiger partial charge in [0.1, 0.15) is 6.04 Å². The van der Waals surface area contributed by atoms with Crippen LogP contribution in [0.15, 0.2) is 0 Å². The van der Waals surface area contributed by atoms with Crippen LogP contribution >= 0.6 is 11.8 Å². The van der Waals surface area contributed by atoms with Gasteiger partial charge in [-0.3, -0.25) is 24.1 Å². The number of hydrogen-bond acceptors (Lipinski definition) is 5. The number of carbonyl (C=O) groups is 4. The first-order valence-electron chi connectivity index (χ1n) is 6.04. The minimum absolute atomic E-state index is 0.166. The van der Waals surface area contributed by atoms with Gasteiger partial charge in [-0.25, -0.2) is 0 Å². The number of thioether (sulfide) groups is 1. The van der Waals surface area contributed by atoms with Gasteiger partial charge in [0.15, 0.2) is 5.12 Å². The predicted octanol–water partition coefficient (Wildman–Crippen LogP) is 1.50. The summed E-state index contributed by atoms with van der Waals surface area (Å²) in [6, 6.07) is -0.777. The second-order valence-electron chi connectivity index (χ2n) is 4.23. The van der Waals surface area contributed by atoms with E-state index in [4.69, 9.17) is 0 Å². The first-order chi connectivity index (χ1) is 8.47. The summed E-state index contributed by atoms with van der Waals surface area (Å²) in [4.78, 5) is 47.2. The van der Waals surface area contributed by atoms with E-state index in [1.807, 2.05) is 6.92 Å².